The molecule has 0 spiro atoms. The van der Waals surface area contributed by atoms with Gasteiger partial charge in [0.2, 0.25) is 0 Å². The van der Waals surface area contributed by atoms with Crippen molar-refractivity contribution in [3.05, 3.63) is 78.5 Å². The van der Waals surface area contributed by atoms with E-state index in [1.807, 2.05) is 84.3 Å². The number of ether oxygens (including phenoxy) is 1. The number of para-hydroxylation sites is 1. The van der Waals surface area contributed by atoms with Crippen molar-refractivity contribution in [3.63, 3.8) is 0 Å². The highest BCUT2D eigenvalue weighted by molar-refractivity contribution is 5.78. The summed E-state index contributed by atoms with van der Waals surface area (Å²) in [5, 5.41) is 8.95. The van der Waals surface area contributed by atoms with Gasteiger partial charge in [0.05, 0.1) is 12.8 Å². The van der Waals surface area contributed by atoms with Crippen molar-refractivity contribution >= 4 is 17.2 Å². The summed E-state index contributed by atoms with van der Waals surface area (Å²) in [4.78, 5) is 4.75. The summed E-state index contributed by atoms with van der Waals surface area (Å²) in [6, 6.07) is 21.6. The highest BCUT2D eigenvalue weighted by Crippen LogP contribution is 2.37. The zero-order valence-corrected chi connectivity index (χ0v) is 14.6. The van der Waals surface area contributed by atoms with Crippen LogP contribution in [0, 0.1) is 6.92 Å². The summed E-state index contributed by atoms with van der Waals surface area (Å²) in [6.45, 7) is 2.04. The Bertz CT molecular complexity index is 1100. The van der Waals surface area contributed by atoms with E-state index >= 15 is 0 Å². The molecule has 5 nitrogen and oxygen atoms in total. The first-order valence-corrected chi connectivity index (χ1v) is 8.35. The number of aryl methyl sites for hydroxylation is 1. The Hall–Kier alpha value is -3.47. The molecular formula is C21H18N4O. The second-order valence-corrected chi connectivity index (χ2v) is 5.95. The number of aromatic nitrogens is 2. The minimum atomic E-state index is 0.673. The summed E-state index contributed by atoms with van der Waals surface area (Å²) in [5.41, 5.74) is 4.39. The van der Waals surface area contributed by atoms with E-state index in [2.05, 4.69) is 10.2 Å². The summed E-state index contributed by atoms with van der Waals surface area (Å²) < 4.78 is 7.44. The predicted molar refractivity (Wildman–Crippen MR) is 103 cm³/mol. The average Bonchev–Trinajstić information content (AvgIpc) is 3.05. The third-order valence-corrected chi connectivity index (χ3v) is 4.13. The summed E-state index contributed by atoms with van der Waals surface area (Å²) >= 11 is 0. The van der Waals surface area contributed by atoms with Crippen molar-refractivity contribution < 1.29 is 4.74 Å². The maximum atomic E-state index is 5.51. The molecule has 4 aromatic rings. The highest BCUT2D eigenvalue weighted by atomic mass is 16.5. The second kappa shape index (κ2) is 6.80. The molecule has 0 aliphatic rings. The fourth-order valence-electron chi connectivity index (χ4n) is 2.89. The van der Waals surface area contributed by atoms with Crippen molar-refractivity contribution in [3.8, 4) is 17.0 Å². The molecule has 0 unspecified atom stereocenters. The van der Waals surface area contributed by atoms with Crippen LogP contribution < -0.4 is 4.74 Å². The lowest BCUT2D eigenvalue weighted by Gasteiger charge is -2.06. The van der Waals surface area contributed by atoms with E-state index in [-0.39, 0.29) is 0 Å². The van der Waals surface area contributed by atoms with Gasteiger partial charge in [0, 0.05) is 11.8 Å². The average molecular weight is 342 g/mol. The Morgan fingerprint density at radius 1 is 0.923 bits per heavy atom. The van der Waals surface area contributed by atoms with Crippen molar-refractivity contribution in [2.24, 2.45) is 10.2 Å². The Kier molecular flexibility index (Phi) is 4.19. The van der Waals surface area contributed by atoms with Gasteiger partial charge in [-0.25, -0.2) is 4.98 Å². The Labute approximate surface area is 151 Å². The number of fused-ring (bicyclic) bond motifs is 1. The van der Waals surface area contributed by atoms with Gasteiger partial charge in [-0.1, -0.05) is 30.3 Å². The van der Waals surface area contributed by atoms with Gasteiger partial charge >= 0.3 is 0 Å². The van der Waals surface area contributed by atoms with Gasteiger partial charge in [-0.2, -0.15) is 0 Å². The molecule has 0 fully saturated rings. The van der Waals surface area contributed by atoms with Crippen LogP contribution in [-0.4, -0.2) is 16.5 Å². The third kappa shape index (κ3) is 2.95. The number of azo groups is 1. The van der Waals surface area contributed by atoms with Crippen LogP contribution >= 0.6 is 0 Å². The number of rotatable bonds is 4. The van der Waals surface area contributed by atoms with Crippen molar-refractivity contribution in [2.45, 2.75) is 6.92 Å². The number of imidazole rings is 1. The summed E-state index contributed by atoms with van der Waals surface area (Å²) in [7, 11) is 1.66. The largest absolute Gasteiger partial charge is 0.496 e. The van der Waals surface area contributed by atoms with E-state index in [1.54, 1.807) is 7.11 Å². The monoisotopic (exact) mass is 342 g/mol. The lowest BCUT2D eigenvalue weighted by Crippen LogP contribution is -1.88. The van der Waals surface area contributed by atoms with Crippen molar-refractivity contribution in [1.82, 2.24) is 9.38 Å². The van der Waals surface area contributed by atoms with Crippen LogP contribution in [0.4, 0.5) is 11.5 Å². The lowest BCUT2D eigenvalue weighted by molar-refractivity contribution is 0.416. The molecule has 2 aromatic heterocycles. The van der Waals surface area contributed by atoms with Crippen LogP contribution in [0.3, 0.4) is 0 Å². The van der Waals surface area contributed by atoms with Gasteiger partial charge in [0.1, 0.15) is 17.1 Å². The van der Waals surface area contributed by atoms with Gasteiger partial charge in [-0.05, 0) is 48.9 Å². The minimum Gasteiger partial charge on any atom is -0.496 e. The Morgan fingerprint density at radius 3 is 2.62 bits per heavy atom. The topological polar surface area (TPSA) is 51.2 Å². The zero-order chi connectivity index (χ0) is 17.9. The van der Waals surface area contributed by atoms with E-state index in [0.29, 0.717) is 5.82 Å². The second-order valence-electron chi connectivity index (χ2n) is 5.95. The van der Waals surface area contributed by atoms with E-state index in [1.165, 1.54) is 0 Å². The number of pyridine rings is 1. The molecule has 2 heterocycles. The molecule has 5 heteroatoms. The molecule has 4 rings (SSSR count). The molecule has 0 bridgehead atoms. The van der Waals surface area contributed by atoms with Gasteiger partial charge in [0.15, 0.2) is 5.82 Å². The highest BCUT2D eigenvalue weighted by Gasteiger charge is 2.17. The molecule has 0 atom stereocenters. The maximum absolute atomic E-state index is 5.51. The minimum absolute atomic E-state index is 0.673. The Balaban J connectivity index is 1.90. The first kappa shape index (κ1) is 16.0. The standard InChI is InChI=1S/C21H18N4O/c1-15-8-7-9-16(14-15)23-24-21-20(17-10-3-4-11-18(17)26-2)22-19-12-5-6-13-25(19)21/h3-14H,1-2H3. The van der Waals surface area contributed by atoms with Crippen LogP contribution in [0.2, 0.25) is 0 Å². The molecule has 0 aliphatic carbocycles. The Morgan fingerprint density at radius 2 is 1.77 bits per heavy atom. The molecule has 2 aromatic carbocycles. The first-order valence-electron chi connectivity index (χ1n) is 8.35. The van der Waals surface area contributed by atoms with Crippen LogP contribution in [0.15, 0.2) is 83.2 Å². The predicted octanol–water partition coefficient (Wildman–Crippen LogP) is 5.73. The molecule has 0 radical (unpaired) electrons. The normalized spacial score (nSPS) is 11.3. The van der Waals surface area contributed by atoms with E-state index in [9.17, 15) is 0 Å². The summed E-state index contributed by atoms with van der Waals surface area (Å²) in [6.07, 6.45) is 1.94. The van der Waals surface area contributed by atoms with Crippen molar-refractivity contribution in [2.75, 3.05) is 7.11 Å². The van der Waals surface area contributed by atoms with Crippen LogP contribution in [-0.2, 0) is 0 Å². The van der Waals surface area contributed by atoms with E-state index in [0.717, 1.165) is 33.9 Å². The summed E-state index contributed by atoms with van der Waals surface area (Å²) in [5.74, 6) is 1.43. The van der Waals surface area contributed by atoms with Gasteiger partial charge in [-0.3, -0.25) is 4.40 Å². The smallest absolute Gasteiger partial charge is 0.187 e. The SMILES string of the molecule is COc1ccccc1-c1nc2ccccn2c1N=Nc1cccc(C)c1. The zero-order valence-electron chi connectivity index (χ0n) is 14.6. The number of hydrogen-bond acceptors (Lipinski definition) is 4. The fourth-order valence-corrected chi connectivity index (χ4v) is 2.89. The molecule has 26 heavy (non-hydrogen) atoms. The molecule has 0 saturated carbocycles. The van der Waals surface area contributed by atoms with Crippen LogP contribution in [0.5, 0.6) is 5.75 Å². The van der Waals surface area contributed by atoms with Gasteiger partial charge in [-0.15, -0.1) is 10.2 Å². The van der Waals surface area contributed by atoms with Crippen LogP contribution in [0.25, 0.3) is 16.9 Å². The van der Waals surface area contributed by atoms with Gasteiger partial charge < -0.3 is 4.74 Å². The van der Waals surface area contributed by atoms with Crippen molar-refractivity contribution in [1.29, 1.82) is 0 Å². The first-order chi connectivity index (χ1) is 12.8. The molecular weight excluding hydrogens is 324 g/mol. The van der Waals surface area contributed by atoms with Gasteiger partial charge in [0.25, 0.3) is 0 Å². The number of benzene rings is 2. The molecule has 0 aliphatic heterocycles. The van der Waals surface area contributed by atoms with E-state index in [4.69, 9.17) is 9.72 Å². The van der Waals surface area contributed by atoms with Crippen LogP contribution in [0.1, 0.15) is 5.56 Å². The maximum Gasteiger partial charge on any atom is 0.187 e. The fraction of sp³-hybridized carbons (Fsp3) is 0.0952. The quantitative estimate of drug-likeness (QED) is 0.444. The number of hydrogen-bond donors (Lipinski definition) is 0. The third-order valence-electron chi connectivity index (χ3n) is 4.13. The molecule has 0 saturated heterocycles. The molecule has 0 amide bonds. The number of nitrogens with zero attached hydrogens (tertiary/aromatic N) is 4. The number of methoxy groups -OCH3 is 1. The molecule has 0 N–H and O–H groups in total. The van der Waals surface area contributed by atoms with E-state index < -0.39 is 0 Å². The molecule has 128 valence electrons. The lowest BCUT2D eigenvalue weighted by atomic mass is 10.1.